The summed E-state index contributed by atoms with van der Waals surface area (Å²) in [5.41, 5.74) is 0. The average Bonchev–Trinajstić information content (AvgIpc) is 2.83. The Balaban J connectivity index is 2.27. The van der Waals surface area contributed by atoms with Gasteiger partial charge in [0.25, 0.3) is 0 Å². The second-order valence-electron chi connectivity index (χ2n) is 4.63. The van der Waals surface area contributed by atoms with Crippen LogP contribution in [-0.4, -0.2) is 62.8 Å². The lowest BCUT2D eigenvalue weighted by atomic mass is 10.0. The minimum absolute atomic E-state index is 0.0401. The van der Waals surface area contributed by atoms with Crippen molar-refractivity contribution in [3.63, 3.8) is 0 Å². The Morgan fingerprint density at radius 3 is 2.61 bits per heavy atom. The Kier molecular flexibility index (Phi) is 7.23. The molecule has 1 aliphatic rings. The lowest BCUT2D eigenvalue weighted by Crippen LogP contribution is -2.45. The number of carbonyl (C=O) groups excluding carboxylic acids is 1. The van der Waals surface area contributed by atoms with Crippen molar-refractivity contribution in [2.75, 3.05) is 45.9 Å². The molecule has 1 saturated heterocycles. The first-order chi connectivity index (χ1) is 8.72. The van der Waals surface area contributed by atoms with Gasteiger partial charge in [-0.25, -0.2) is 0 Å². The molecule has 1 rings (SSSR count). The standard InChI is InChI=1S/C13H27N3O2/c1-4-14-12-10-18-9-11(12)13(17)15-7-8-16(5-2)6-3/h11-12,14H,4-10H2,1-3H3,(H,15,17). The molecule has 1 aliphatic heterocycles. The van der Waals surface area contributed by atoms with Crippen LogP contribution in [0.15, 0.2) is 0 Å². The molecule has 106 valence electrons. The first kappa shape index (κ1) is 15.4. The summed E-state index contributed by atoms with van der Waals surface area (Å²) < 4.78 is 5.38. The number of nitrogens with one attached hydrogen (secondary N) is 2. The Hall–Kier alpha value is -0.650. The van der Waals surface area contributed by atoms with Crippen molar-refractivity contribution in [3.05, 3.63) is 0 Å². The fourth-order valence-corrected chi connectivity index (χ4v) is 2.28. The summed E-state index contributed by atoms with van der Waals surface area (Å²) in [5.74, 6) is 0.0762. The number of hydrogen-bond donors (Lipinski definition) is 2. The molecule has 5 heteroatoms. The van der Waals surface area contributed by atoms with E-state index in [1.807, 2.05) is 6.92 Å². The molecule has 0 bridgehead atoms. The predicted molar refractivity (Wildman–Crippen MR) is 72.6 cm³/mol. The zero-order valence-electron chi connectivity index (χ0n) is 11.9. The molecule has 5 nitrogen and oxygen atoms in total. The van der Waals surface area contributed by atoms with E-state index in [1.54, 1.807) is 0 Å². The maximum atomic E-state index is 12.0. The number of ether oxygens (including phenoxy) is 1. The Labute approximate surface area is 110 Å². The molecule has 2 atom stereocenters. The highest BCUT2D eigenvalue weighted by Crippen LogP contribution is 2.13. The molecule has 1 fully saturated rings. The molecule has 0 radical (unpaired) electrons. The van der Waals surface area contributed by atoms with E-state index in [9.17, 15) is 4.79 Å². The third-order valence-corrected chi connectivity index (χ3v) is 3.51. The molecule has 0 aliphatic carbocycles. The third kappa shape index (κ3) is 4.55. The summed E-state index contributed by atoms with van der Waals surface area (Å²) in [5, 5.41) is 6.31. The van der Waals surface area contributed by atoms with Crippen molar-refractivity contribution in [1.82, 2.24) is 15.5 Å². The first-order valence-electron chi connectivity index (χ1n) is 7.04. The van der Waals surface area contributed by atoms with E-state index in [-0.39, 0.29) is 17.9 Å². The van der Waals surface area contributed by atoms with E-state index >= 15 is 0 Å². The van der Waals surface area contributed by atoms with Crippen LogP contribution in [0.2, 0.25) is 0 Å². The molecular weight excluding hydrogens is 230 g/mol. The van der Waals surface area contributed by atoms with Gasteiger partial charge in [0.05, 0.1) is 19.1 Å². The molecule has 1 amide bonds. The third-order valence-electron chi connectivity index (χ3n) is 3.51. The second-order valence-corrected chi connectivity index (χ2v) is 4.63. The van der Waals surface area contributed by atoms with Crippen molar-refractivity contribution in [1.29, 1.82) is 0 Å². The van der Waals surface area contributed by atoms with Gasteiger partial charge in [-0.2, -0.15) is 0 Å². The van der Waals surface area contributed by atoms with Crippen LogP contribution < -0.4 is 10.6 Å². The normalized spacial score (nSPS) is 23.6. The maximum Gasteiger partial charge on any atom is 0.227 e. The summed E-state index contributed by atoms with van der Waals surface area (Å²) in [6.07, 6.45) is 0. The molecule has 0 spiro atoms. The van der Waals surface area contributed by atoms with Crippen LogP contribution in [0.5, 0.6) is 0 Å². The number of hydrogen-bond acceptors (Lipinski definition) is 4. The Morgan fingerprint density at radius 1 is 1.28 bits per heavy atom. The van der Waals surface area contributed by atoms with Gasteiger partial charge in [-0.05, 0) is 19.6 Å². The molecule has 0 aromatic heterocycles. The minimum atomic E-state index is -0.0401. The monoisotopic (exact) mass is 257 g/mol. The zero-order chi connectivity index (χ0) is 13.4. The lowest BCUT2D eigenvalue weighted by Gasteiger charge is -2.20. The van der Waals surface area contributed by atoms with Crippen LogP contribution in [0, 0.1) is 5.92 Å². The topological polar surface area (TPSA) is 53.6 Å². The van der Waals surface area contributed by atoms with Crippen LogP contribution in [0.4, 0.5) is 0 Å². The molecule has 2 unspecified atom stereocenters. The van der Waals surface area contributed by atoms with E-state index in [2.05, 4.69) is 29.4 Å². The van der Waals surface area contributed by atoms with Gasteiger partial charge >= 0.3 is 0 Å². The van der Waals surface area contributed by atoms with E-state index in [0.717, 1.165) is 32.7 Å². The maximum absolute atomic E-state index is 12.0. The highest BCUT2D eigenvalue weighted by molar-refractivity contribution is 5.79. The number of carbonyl (C=O) groups is 1. The van der Waals surface area contributed by atoms with Gasteiger partial charge in [0, 0.05) is 19.1 Å². The van der Waals surface area contributed by atoms with Gasteiger partial charge in [0.1, 0.15) is 0 Å². The van der Waals surface area contributed by atoms with E-state index in [4.69, 9.17) is 4.74 Å². The van der Waals surface area contributed by atoms with Gasteiger partial charge in [0.15, 0.2) is 0 Å². The minimum Gasteiger partial charge on any atom is -0.379 e. The Morgan fingerprint density at radius 2 is 2.00 bits per heavy atom. The van der Waals surface area contributed by atoms with Gasteiger partial charge in [-0.1, -0.05) is 20.8 Å². The zero-order valence-corrected chi connectivity index (χ0v) is 11.9. The number of likely N-dealkylation sites (N-methyl/N-ethyl adjacent to an activating group) is 2. The molecule has 0 aromatic carbocycles. The number of rotatable bonds is 8. The van der Waals surface area contributed by atoms with E-state index < -0.39 is 0 Å². The molecule has 0 aromatic rings. The van der Waals surface area contributed by atoms with Crippen molar-refractivity contribution >= 4 is 5.91 Å². The molecule has 0 saturated carbocycles. The van der Waals surface area contributed by atoms with Crippen LogP contribution in [0.3, 0.4) is 0 Å². The van der Waals surface area contributed by atoms with Crippen LogP contribution in [0.1, 0.15) is 20.8 Å². The summed E-state index contributed by atoms with van der Waals surface area (Å²) in [4.78, 5) is 14.3. The van der Waals surface area contributed by atoms with Crippen molar-refractivity contribution < 1.29 is 9.53 Å². The largest absolute Gasteiger partial charge is 0.379 e. The van der Waals surface area contributed by atoms with Crippen molar-refractivity contribution in [2.24, 2.45) is 5.92 Å². The first-order valence-corrected chi connectivity index (χ1v) is 7.04. The van der Waals surface area contributed by atoms with Crippen LogP contribution in [-0.2, 0) is 9.53 Å². The summed E-state index contributed by atoms with van der Waals surface area (Å²) in [6, 6.07) is 0.170. The second kappa shape index (κ2) is 8.45. The van der Waals surface area contributed by atoms with Crippen LogP contribution >= 0.6 is 0 Å². The van der Waals surface area contributed by atoms with Crippen LogP contribution in [0.25, 0.3) is 0 Å². The average molecular weight is 257 g/mol. The lowest BCUT2D eigenvalue weighted by molar-refractivity contribution is -0.125. The molecule has 18 heavy (non-hydrogen) atoms. The number of nitrogens with zero attached hydrogens (tertiary/aromatic N) is 1. The molecule has 1 heterocycles. The van der Waals surface area contributed by atoms with Gasteiger partial charge in [-0.15, -0.1) is 0 Å². The van der Waals surface area contributed by atoms with Crippen molar-refractivity contribution in [3.8, 4) is 0 Å². The molecule has 2 N–H and O–H groups in total. The summed E-state index contributed by atoms with van der Waals surface area (Å²) >= 11 is 0. The quantitative estimate of drug-likeness (QED) is 0.646. The fraction of sp³-hybridized carbons (Fsp3) is 0.923. The van der Waals surface area contributed by atoms with Gasteiger partial charge in [0.2, 0.25) is 5.91 Å². The highest BCUT2D eigenvalue weighted by Gasteiger charge is 2.33. The summed E-state index contributed by atoms with van der Waals surface area (Å²) in [7, 11) is 0. The predicted octanol–water partition coefficient (Wildman–Crippen LogP) is 0.0689. The fourth-order valence-electron chi connectivity index (χ4n) is 2.28. The van der Waals surface area contributed by atoms with Gasteiger partial charge in [-0.3, -0.25) is 4.79 Å². The SMILES string of the molecule is CCNC1COCC1C(=O)NCCN(CC)CC. The smallest absolute Gasteiger partial charge is 0.227 e. The Bertz CT molecular complexity index is 244. The van der Waals surface area contributed by atoms with E-state index in [0.29, 0.717) is 13.2 Å². The number of amides is 1. The van der Waals surface area contributed by atoms with Gasteiger partial charge < -0.3 is 20.3 Å². The highest BCUT2D eigenvalue weighted by atomic mass is 16.5. The van der Waals surface area contributed by atoms with Crippen molar-refractivity contribution in [2.45, 2.75) is 26.8 Å². The van der Waals surface area contributed by atoms with E-state index in [1.165, 1.54) is 0 Å². The summed E-state index contributed by atoms with van der Waals surface area (Å²) in [6.45, 7) is 12.1. The molecular formula is C13H27N3O2.